The number of aryl methyl sites for hydroxylation is 1. The van der Waals surface area contributed by atoms with Crippen molar-refractivity contribution < 1.29 is 4.21 Å². The Bertz CT molecular complexity index is 405. The largest absolute Gasteiger partial charge is 0.298 e. The third-order valence-electron chi connectivity index (χ3n) is 2.16. The number of rotatable bonds is 3. The van der Waals surface area contributed by atoms with Crippen LogP contribution in [0.5, 0.6) is 0 Å². The van der Waals surface area contributed by atoms with Gasteiger partial charge in [0.25, 0.3) is 0 Å². The molecular formula is C11H18ClNOS. The molecule has 0 aliphatic carbocycles. The Labute approximate surface area is 96.1 Å². The summed E-state index contributed by atoms with van der Waals surface area (Å²) in [5.41, 5.74) is 1.14. The van der Waals surface area contributed by atoms with Crippen LogP contribution in [0.3, 0.4) is 0 Å². The van der Waals surface area contributed by atoms with E-state index in [4.69, 9.17) is 10.7 Å². The molecule has 0 amide bonds. The van der Waals surface area contributed by atoms with Crippen LogP contribution in [0.25, 0.3) is 0 Å². The van der Waals surface area contributed by atoms with Crippen LogP contribution in [0, 0.1) is 6.92 Å². The molecule has 0 unspecified atom stereocenters. The first kappa shape index (κ1) is 12.7. The minimum Gasteiger partial charge on any atom is -0.298 e. The molecule has 0 saturated heterocycles. The molecule has 1 aromatic carbocycles. The van der Waals surface area contributed by atoms with Crippen molar-refractivity contribution in [1.29, 1.82) is 0 Å². The number of nitrogens with zero attached hydrogens (tertiary/aromatic N) is 1. The van der Waals surface area contributed by atoms with E-state index in [0.717, 1.165) is 5.56 Å². The molecule has 0 spiro atoms. The number of hydrogen-bond donors (Lipinski definition) is 0. The molecule has 0 saturated carbocycles. The summed E-state index contributed by atoms with van der Waals surface area (Å²) < 4.78 is 12.6. The second-order valence-corrected chi connectivity index (χ2v) is 10.4. The Morgan fingerprint density at radius 1 is 1.27 bits per heavy atom. The van der Waals surface area contributed by atoms with Gasteiger partial charge in [-0.15, -0.1) is 0 Å². The lowest BCUT2D eigenvalue weighted by atomic mass is 10.2. The fourth-order valence-corrected chi connectivity index (χ4v) is 4.58. The maximum Gasteiger partial charge on any atom is 0.0704 e. The topological polar surface area (TPSA) is 20.3 Å². The Morgan fingerprint density at radius 3 is 2.13 bits per heavy atom. The molecule has 86 valence electrons. The highest BCUT2D eigenvalue weighted by atomic mass is 35.7. The van der Waals surface area contributed by atoms with Crippen LogP contribution >= 0.6 is 10.7 Å². The summed E-state index contributed by atoms with van der Waals surface area (Å²) in [5, 5.41) is 0. The van der Waals surface area contributed by atoms with Crippen molar-refractivity contribution in [2.24, 2.45) is 0 Å². The average Bonchev–Trinajstić information content (AvgIpc) is 2.00. The van der Waals surface area contributed by atoms with Gasteiger partial charge in [-0.3, -0.25) is 9.11 Å². The molecule has 2 nitrogen and oxygen atoms in total. The van der Waals surface area contributed by atoms with Gasteiger partial charge in [-0.05, 0) is 43.8 Å². The van der Waals surface area contributed by atoms with E-state index < -0.39 is 8.28 Å². The zero-order valence-corrected chi connectivity index (χ0v) is 11.2. The van der Waals surface area contributed by atoms with E-state index >= 15 is 0 Å². The molecule has 1 rings (SSSR count). The number of halogens is 1. The van der Waals surface area contributed by atoms with Crippen LogP contribution in [0.1, 0.15) is 5.56 Å². The summed E-state index contributed by atoms with van der Waals surface area (Å²) in [6.45, 7) is 2.00. The first-order valence-corrected chi connectivity index (χ1v) is 8.12. The summed E-state index contributed by atoms with van der Waals surface area (Å²) >= 11 is 0. The predicted molar refractivity (Wildman–Crippen MR) is 67.9 cm³/mol. The molecule has 0 aliphatic heterocycles. The van der Waals surface area contributed by atoms with Crippen LogP contribution in [-0.4, -0.2) is 35.3 Å². The van der Waals surface area contributed by atoms with Crippen molar-refractivity contribution in [3.63, 3.8) is 0 Å². The van der Waals surface area contributed by atoms with Crippen LogP contribution in [-0.2, 0) is 8.28 Å². The van der Waals surface area contributed by atoms with Gasteiger partial charge < -0.3 is 0 Å². The number of hydrogen-bond acceptors (Lipinski definition) is 2. The maximum atomic E-state index is 12.6. The Kier molecular flexibility index (Phi) is 3.29. The lowest BCUT2D eigenvalue weighted by molar-refractivity contribution is 0.472. The molecule has 0 heterocycles. The molecule has 0 bridgehead atoms. The van der Waals surface area contributed by atoms with Gasteiger partial charge in [-0.1, -0.05) is 17.7 Å². The van der Waals surface area contributed by atoms with Gasteiger partial charge >= 0.3 is 0 Å². The quantitative estimate of drug-likeness (QED) is 0.765. The van der Waals surface area contributed by atoms with Gasteiger partial charge in [0, 0.05) is 19.4 Å². The van der Waals surface area contributed by atoms with E-state index in [0.29, 0.717) is 10.8 Å². The fourth-order valence-electron chi connectivity index (χ4n) is 1.54. The highest BCUT2D eigenvalue weighted by Crippen LogP contribution is 2.37. The first-order valence-electron chi connectivity index (χ1n) is 4.75. The first-order chi connectivity index (χ1) is 6.69. The van der Waals surface area contributed by atoms with Gasteiger partial charge in [-0.25, -0.2) is 0 Å². The van der Waals surface area contributed by atoms with E-state index in [2.05, 4.69) is 0 Å². The van der Waals surface area contributed by atoms with Gasteiger partial charge in [-0.2, -0.15) is 0 Å². The van der Waals surface area contributed by atoms with E-state index in [1.807, 2.05) is 50.2 Å². The molecule has 1 aromatic rings. The van der Waals surface area contributed by atoms with Crippen LogP contribution < -0.4 is 0 Å². The zero-order chi connectivity index (χ0) is 11.7. The Hall–Kier alpha value is -0.380. The lowest BCUT2D eigenvalue weighted by Gasteiger charge is -2.34. The molecule has 0 atom stereocenters. The molecule has 15 heavy (non-hydrogen) atoms. The molecular weight excluding hydrogens is 230 g/mol. The minimum absolute atomic E-state index is 0.363. The minimum atomic E-state index is -3.23. The summed E-state index contributed by atoms with van der Waals surface area (Å²) in [6, 6.07) is 7.57. The van der Waals surface area contributed by atoms with E-state index in [1.54, 1.807) is 6.26 Å². The molecule has 4 heteroatoms. The van der Waals surface area contributed by atoms with Crippen molar-refractivity contribution in [3.05, 3.63) is 29.8 Å². The normalized spacial score (nSPS) is 14.9. The number of benzene rings is 1. The van der Waals surface area contributed by atoms with Gasteiger partial charge in [0.15, 0.2) is 0 Å². The van der Waals surface area contributed by atoms with Crippen molar-refractivity contribution in [1.82, 2.24) is 4.90 Å². The third-order valence-corrected chi connectivity index (χ3v) is 5.54. The maximum absolute atomic E-state index is 12.6. The zero-order valence-electron chi connectivity index (χ0n) is 9.66. The van der Waals surface area contributed by atoms with Gasteiger partial charge in [0.2, 0.25) is 0 Å². The van der Waals surface area contributed by atoms with Gasteiger partial charge in [0.1, 0.15) is 0 Å². The van der Waals surface area contributed by atoms with Crippen molar-refractivity contribution in [3.8, 4) is 0 Å². The Morgan fingerprint density at radius 2 is 1.73 bits per heavy atom. The van der Waals surface area contributed by atoms with Crippen LogP contribution in [0.15, 0.2) is 29.2 Å². The van der Waals surface area contributed by atoms with E-state index in [-0.39, 0.29) is 0 Å². The summed E-state index contributed by atoms with van der Waals surface area (Å²) in [7, 11) is 6.78. The van der Waals surface area contributed by atoms with E-state index in [1.165, 1.54) is 0 Å². The lowest BCUT2D eigenvalue weighted by Crippen LogP contribution is -2.36. The SMILES string of the molecule is Cc1ccc(S(C)(=O)(Cl)CN(C)C)cc1. The second kappa shape index (κ2) is 3.89. The van der Waals surface area contributed by atoms with E-state index in [9.17, 15) is 4.21 Å². The standard InChI is InChI=1S/C11H18ClNOS/c1-10-5-7-11(8-6-10)15(4,12,14)9-13(2)3/h5-8H,9H2,1-4H3. The monoisotopic (exact) mass is 247 g/mol. The van der Waals surface area contributed by atoms with Crippen LogP contribution in [0.4, 0.5) is 0 Å². The Balaban J connectivity index is 3.14. The average molecular weight is 248 g/mol. The predicted octanol–water partition coefficient (Wildman–Crippen LogP) is 2.48. The highest BCUT2D eigenvalue weighted by Gasteiger charge is 2.31. The second-order valence-electron chi connectivity index (χ2n) is 4.43. The molecule has 0 aliphatic rings. The third kappa shape index (κ3) is 3.30. The molecule has 0 N–H and O–H groups in total. The smallest absolute Gasteiger partial charge is 0.0704 e. The summed E-state index contributed by atoms with van der Waals surface area (Å²) in [5.74, 6) is 0.363. The van der Waals surface area contributed by atoms with Gasteiger partial charge in [0.05, 0.1) is 5.88 Å². The van der Waals surface area contributed by atoms with Crippen molar-refractivity contribution >= 4 is 19.0 Å². The summed E-state index contributed by atoms with van der Waals surface area (Å²) in [4.78, 5) is 2.56. The van der Waals surface area contributed by atoms with Crippen molar-refractivity contribution in [2.45, 2.75) is 11.8 Å². The highest BCUT2D eigenvalue weighted by molar-refractivity contribution is 8.37. The van der Waals surface area contributed by atoms with Crippen molar-refractivity contribution in [2.75, 3.05) is 26.2 Å². The molecule has 0 radical (unpaired) electrons. The molecule has 0 aromatic heterocycles. The van der Waals surface area contributed by atoms with Crippen LogP contribution in [0.2, 0.25) is 0 Å². The molecule has 0 fully saturated rings. The fraction of sp³-hybridized carbons (Fsp3) is 0.455. The summed E-state index contributed by atoms with van der Waals surface area (Å²) in [6.07, 6.45) is 1.63.